The largest absolute Gasteiger partial charge is 0.452 e. The van der Waals surface area contributed by atoms with Gasteiger partial charge in [-0.1, -0.05) is 54.1 Å². The van der Waals surface area contributed by atoms with Crippen molar-refractivity contribution < 1.29 is 33.3 Å². The lowest BCUT2D eigenvalue weighted by Gasteiger charge is -2.29. The molecule has 2 bridgehead atoms. The summed E-state index contributed by atoms with van der Waals surface area (Å²) in [5, 5.41) is 14.1. The molecule has 0 saturated carbocycles. The summed E-state index contributed by atoms with van der Waals surface area (Å²) < 4.78 is 23.8. The van der Waals surface area contributed by atoms with Crippen LogP contribution >= 0.6 is 15.9 Å². The minimum Gasteiger partial charge on any atom is -0.452 e. The van der Waals surface area contributed by atoms with E-state index in [1.807, 2.05) is 19.9 Å². The fraction of sp³-hybridized carbons (Fsp3) is 0.412. The molecule has 4 N–H and O–H groups in total. The van der Waals surface area contributed by atoms with Crippen molar-refractivity contribution in [3.8, 4) is 11.5 Å². The molecule has 46 heavy (non-hydrogen) atoms. The van der Waals surface area contributed by atoms with E-state index in [0.717, 1.165) is 4.47 Å². The highest BCUT2D eigenvalue weighted by Gasteiger charge is 2.30. The van der Waals surface area contributed by atoms with Crippen molar-refractivity contribution in [2.24, 2.45) is 17.6 Å². The Hall–Kier alpha value is -3.84. The van der Waals surface area contributed by atoms with Gasteiger partial charge in [0.1, 0.15) is 17.3 Å². The van der Waals surface area contributed by atoms with Gasteiger partial charge in [0.2, 0.25) is 5.43 Å². The number of halogens is 1. The molecule has 0 radical (unpaired) electrons. The van der Waals surface area contributed by atoms with Gasteiger partial charge >= 0.3 is 6.09 Å². The number of nitrogens with zero attached hydrogens (tertiary/aromatic N) is 1. The molecule has 11 nitrogen and oxygen atoms in total. The van der Waals surface area contributed by atoms with Crippen LogP contribution in [0.3, 0.4) is 0 Å². The second-order valence-electron chi connectivity index (χ2n) is 11.7. The molecular formula is C34H40BrN3O8. The van der Waals surface area contributed by atoms with Gasteiger partial charge in [-0.05, 0) is 62.4 Å². The third-order valence-electron chi connectivity index (χ3n) is 8.13. The monoisotopic (exact) mass is 697 g/mol. The fourth-order valence-corrected chi connectivity index (χ4v) is 6.01. The SMILES string of the molecule is CO[C@H]1/C=C\C=C(/C)C(=O)Nc2cc3nc4ccc(Br)cc4oc-3c(c2=O)C[C@@H](C)C[C@@H](OC)[C@@H](O)[C@@H](C)/C=C(/C)[C@H]1OC(N)=O. The number of aromatic nitrogens is 1. The van der Waals surface area contributed by atoms with E-state index in [0.29, 0.717) is 45.7 Å². The number of fused-ring (bicyclic) bond motifs is 5. The van der Waals surface area contributed by atoms with Crippen molar-refractivity contribution in [3.63, 3.8) is 0 Å². The van der Waals surface area contributed by atoms with E-state index in [2.05, 4.69) is 21.2 Å². The van der Waals surface area contributed by atoms with E-state index in [9.17, 15) is 19.5 Å². The second kappa shape index (κ2) is 15.2. The summed E-state index contributed by atoms with van der Waals surface area (Å²) in [4.78, 5) is 43.7. The molecule has 12 heteroatoms. The number of amides is 2. The van der Waals surface area contributed by atoms with Crippen molar-refractivity contribution in [3.05, 3.63) is 80.0 Å². The normalized spacial score (nSPS) is 28.1. The first-order valence-electron chi connectivity index (χ1n) is 14.9. The zero-order valence-electron chi connectivity index (χ0n) is 26.7. The zero-order valence-corrected chi connectivity index (χ0v) is 28.3. The average molecular weight is 699 g/mol. The summed E-state index contributed by atoms with van der Waals surface area (Å²) in [5.41, 5.74) is 7.83. The van der Waals surface area contributed by atoms with E-state index in [4.69, 9.17) is 29.3 Å². The number of carbonyl (C=O) groups excluding carboxylic acids is 2. The molecule has 0 unspecified atom stereocenters. The topological polar surface area (TPSA) is 163 Å². The predicted octanol–water partition coefficient (Wildman–Crippen LogP) is 5.52. The smallest absolute Gasteiger partial charge is 0.405 e. The van der Waals surface area contributed by atoms with Crippen LogP contribution in [0.2, 0.25) is 0 Å². The molecule has 0 spiro atoms. The average Bonchev–Trinajstić information content (AvgIpc) is 3.01. The number of carbonyl (C=O) groups is 2. The number of nitrogens with two attached hydrogens (primary N) is 1. The van der Waals surface area contributed by atoms with Crippen molar-refractivity contribution in [1.82, 2.24) is 4.98 Å². The maximum atomic E-state index is 13.9. The Bertz CT molecular complexity index is 1710. The Morgan fingerprint density at radius 3 is 2.57 bits per heavy atom. The molecule has 6 atom stereocenters. The van der Waals surface area contributed by atoms with Gasteiger partial charge in [-0.2, -0.15) is 0 Å². The van der Waals surface area contributed by atoms with Crippen LogP contribution in [0.5, 0.6) is 0 Å². The number of anilines is 1. The highest BCUT2D eigenvalue weighted by molar-refractivity contribution is 9.10. The molecule has 1 aliphatic carbocycles. The molecule has 4 rings (SSSR count). The molecule has 2 heterocycles. The van der Waals surface area contributed by atoms with Gasteiger partial charge in [-0.25, -0.2) is 9.78 Å². The van der Waals surface area contributed by atoms with Crippen LogP contribution in [0.25, 0.3) is 22.6 Å². The van der Waals surface area contributed by atoms with Crippen LogP contribution in [-0.4, -0.2) is 60.7 Å². The first-order valence-corrected chi connectivity index (χ1v) is 15.7. The standard InChI is InChI=1S/C34H40BrN3O8/c1-17-12-22-30(40)24(16-25-32(22)45-27-15-21(35)10-11-23(27)37-25)38-33(41)18(2)8-7-9-26(43-5)31(46-34(36)42)20(4)14-19(3)29(39)28(13-17)44-6/h7-11,14-17,19,26,28-29,31,39H,12-13H2,1-6H3,(H2,36,42)(H,38,41)/b9-7-,18-8+,20-14-/t17-,19+,26+,28-,29+,31-/m1/s1. The number of primary amides is 1. The summed E-state index contributed by atoms with van der Waals surface area (Å²) in [6.07, 6.45) is 3.03. The molecule has 0 fully saturated rings. The zero-order chi connectivity index (χ0) is 33.7. The van der Waals surface area contributed by atoms with Crippen LogP contribution in [0.4, 0.5) is 10.5 Å². The minimum absolute atomic E-state index is 0.0648. The van der Waals surface area contributed by atoms with E-state index < -0.39 is 42.3 Å². The summed E-state index contributed by atoms with van der Waals surface area (Å²) >= 11 is 3.46. The van der Waals surface area contributed by atoms with Crippen molar-refractivity contribution in [2.75, 3.05) is 19.5 Å². The third-order valence-corrected chi connectivity index (χ3v) is 8.63. The quantitative estimate of drug-likeness (QED) is 0.236. The molecular weight excluding hydrogens is 658 g/mol. The fourth-order valence-electron chi connectivity index (χ4n) is 5.67. The number of rotatable bonds is 3. The molecule has 1 aromatic rings. The van der Waals surface area contributed by atoms with Gasteiger partial charge in [0, 0.05) is 35.7 Å². The Kier molecular flexibility index (Phi) is 11.5. The number of nitrogens with one attached hydrogen (secondary N) is 1. The minimum atomic E-state index is -0.987. The highest BCUT2D eigenvalue weighted by Crippen LogP contribution is 2.33. The molecule has 1 aromatic carbocycles. The molecule has 246 valence electrons. The van der Waals surface area contributed by atoms with Crippen molar-refractivity contribution >= 4 is 44.7 Å². The number of hydrogen-bond donors (Lipinski definition) is 3. The lowest BCUT2D eigenvalue weighted by molar-refractivity contribution is -0.112. The van der Waals surface area contributed by atoms with Crippen LogP contribution in [0, 0.1) is 11.8 Å². The summed E-state index contributed by atoms with van der Waals surface area (Å²) in [7, 11) is 2.97. The number of aliphatic hydroxyl groups excluding tert-OH is 1. The van der Waals surface area contributed by atoms with Crippen LogP contribution in [0.1, 0.15) is 39.7 Å². The number of aliphatic hydroxyl groups is 1. The van der Waals surface area contributed by atoms with Gasteiger partial charge in [-0.15, -0.1) is 0 Å². The Balaban J connectivity index is 1.86. The number of benzene rings is 2. The summed E-state index contributed by atoms with van der Waals surface area (Å²) in [6, 6.07) is 6.94. The van der Waals surface area contributed by atoms with Gasteiger partial charge < -0.3 is 34.8 Å². The first kappa shape index (κ1) is 35.0. The van der Waals surface area contributed by atoms with Crippen molar-refractivity contribution in [2.45, 2.75) is 65.0 Å². The molecule has 3 aliphatic rings. The van der Waals surface area contributed by atoms with Gasteiger partial charge in [0.05, 0.1) is 17.9 Å². The van der Waals surface area contributed by atoms with E-state index in [-0.39, 0.29) is 23.5 Å². The van der Waals surface area contributed by atoms with E-state index in [1.165, 1.54) is 20.3 Å². The van der Waals surface area contributed by atoms with Crippen LogP contribution in [-0.2, 0) is 25.4 Å². The lowest BCUT2D eigenvalue weighted by atomic mass is 9.87. The summed E-state index contributed by atoms with van der Waals surface area (Å²) in [5.74, 6) is -0.754. The lowest BCUT2D eigenvalue weighted by Crippen LogP contribution is -2.37. The predicted molar refractivity (Wildman–Crippen MR) is 179 cm³/mol. The molecule has 2 amide bonds. The van der Waals surface area contributed by atoms with Gasteiger partial charge in [0.25, 0.3) is 5.91 Å². The highest BCUT2D eigenvalue weighted by atomic mass is 79.9. The Morgan fingerprint density at radius 2 is 1.89 bits per heavy atom. The number of methoxy groups -OCH3 is 2. The third kappa shape index (κ3) is 8.11. The van der Waals surface area contributed by atoms with Crippen molar-refractivity contribution in [1.29, 1.82) is 0 Å². The van der Waals surface area contributed by atoms with Gasteiger partial charge in [-0.3, -0.25) is 9.59 Å². The maximum Gasteiger partial charge on any atom is 0.405 e. The summed E-state index contributed by atoms with van der Waals surface area (Å²) in [6.45, 7) is 7.14. The number of ether oxygens (including phenoxy) is 3. The maximum absolute atomic E-state index is 13.9. The number of allylic oxidation sites excluding steroid dienone is 2. The number of hydrogen-bond acceptors (Lipinski definition) is 9. The first-order chi connectivity index (χ1) is 21.8. The molecule has 0 saturated heterocycles. The Morgan fingerprint density at radius 1 is 1.15 bits per heavy atom. The molecule has 2 aliphatic heterocycles. The molecule has 0 aromatic heterocycles. The Labute approximate surface area is 276 Å². The van der Waals surface area contributed by atoms with E-state index >= 15 is 0 Å². The second-order valence-corrected chi connectivity index (χ2v) is 12.6. The van der Waals surface area contributed by atoms with Crippen LogP contribution in [0.15, 0.2) is 73.4 Å². The van der Waals surface area contributed by atoms with Crippen LogP contribution < -0.4 is 16.5 Å². The van der Waals surface area contributed by atoms with Gasteiger partial charge in [0.15, 0.2) is 17.4 Å². The van der Waals surface area contributed by atoms with E-state index in [1.54, 1.807) is 50.3 Å².